The van der Waals surface area contributed by atoms with Gasteiger partial charge in [-0.15, -0.1) is 0 Å². The van der Waals surface area contributed by atoms with Gasteiger partial charge in [-0.2, -0.15) is 8.78 Å². The van der Waals surface area contributed by atoms with Crippen molar-refractivity contribution in [1.29, 1.82) is 0 Å². The highest BCUT2D eigenvalue weighted by Crippen LogP contribution is 2.33. The first kappa shape index (κ1) is 18.5. The van der Waals surface area contributed by atoms with E-state index in [1.165, 1.54) is 0 Å². The standard InChI is InChI=1S/C20H20BrF2N3O/c1-13(19-24-16-7-2-3-8-17(16)26(19)20(22)23)25-9-10-27-18(12-25)14-5-4-6-15(21)11-14/h2-8,11,13,18,20H,9-10,12H2,1H3. The van der Waals surface area contributed by atoms with Gasteiger partial charge in [0.25, 0.3) is 0 Å². The lowest BCUT2D eigenvalue weighted by atomic mass is 10.1. The van der Waals surface area contributed by atoms with Crippen LogP contribution in [0.5, 0.6) is 0 Å². The van der Waals surface area contributed by atoms with Crippen molar-refractivity contribution in [1.82, 2.24) is 14.5 Å². The van der Waals surface area contributed by atoms with Crippen molar-refractivity contribution >= 4 is 27.0 Å². The maximum absolute atomic E-state index is 13.8. The molecule has 0 radical (unpaired) electrons. The van der Waals surface area contributed by atoms with Crippen molar-refractivity contribution in [2.45, 2.75) is 25.6 Å². The van der Waals surface area contributed by atoms with E-state index in [0.29, 0.717) is 36.6 Å². The molecule has 0 amide bonds. The van der Waals surface area contributed by atoms with Gasteiger partial charge in [-0.25, -0.2) is 4.98 Å². The van der Waals surface area contributed by atoms with E-state index >= 15 is 0 Å². The van der Waals surface area contributed by atoms with E-state index in [1.807, 2.05) is 37.3 Å². The molecule has 2 aromatic carbocycles. The summed E-state index contributed by atoms with van der Waals surface area (Å²) in [6.45, 7) is 1.17. The zero-order valence-electron chi connectivity index (χ0n) is 14.9. The number of benzene rings is 2. The Morgan fingerprint density at radius 3 is 2.78 bits per heavy atom. The van der Waals surface area contributed by atoms with Crippen LogP contribution in [0.2, 0.25) is 0 Å². The molecule has 2 atom stereocenters. The summed E-state index contributed by atoms with van der Waals surface area (Å²) in [5, 5.41) is 0. The number of hydrogen-bond donors (Lipinski definition) is 0. The summed E-state index contributed by atoms with van der Waals surface area (Å²) in [7, 11) is 0. The Labute approximate surface area is 164 Å². The summed E-state index contributed by atoms with van der Waals surface area (Å²) in [6.07, 6.45) is -0.0944. The Balaban J connectivity index is 1.63. The van der Waals surface area contributed by atoms with Gasteiger partial charge in [0.15, 0.2) is 0 Å². The maximum Gasteiger partial charge on any atom is 0.320 e. The molecule has 1 fully saturated rings. The summed E-state index contributed by atoms with van der Waals surface area (Å²) in [5.74, 6) is 0.390. The van der Waals surface area contributed by atoms with E-state index in [9.17, 15) is 8.78 Å². The number of alkyl halides is 2. The Hall–Kier alpha value is -1.83. The van der Waals surface area contributed by atoms with Crippen LogP contribution in [0.15, 0.2) is 53.0 Å². The van der Waals surface area contributed by atoms with Gasteiger partial charge in [-0.1, -0.05) is 40.2 Å². The molecule has 142 valence electrons. The topological polar surface area (TPSA) is 30.3 Å². The average molecular weight is 436 g/mol. The fourth-order valence-electron chi connectivity index (χ4n) is 3.66. The minimum atomic E-state index is -2.63. The van der Waals surface area contributed by atoms with E-state index in [2.05, 4.69) is 25.8 Å². The molecule has 2 heterocycles. The normalized spacial score (nSPS) is 19.7. The first-order valence-corrected chi connectivity index (χ1v) is 9.70. The van der Waals surface area contributed by atoms with Crippen molar-refractivity contribution in [3.8, 4) is 0 Å². The van der Waals surface area contributed by atoms with Crippen molar-refractivity contribution in [2.75, 3.05) is 19.7 Å². The molecule has 0 saturated carbocycles. The molecule has 0 spiro atoms. The smallest absolute Gasteiger partial charge is 0.320 e. The van der Waals surface area contributed by atoms with Gasteiger partial charge in [0.1, 0.15) is 5.82 Å². The summed E-state index contributed by atoms with van der Waals surface area (Å²) in [4.78, 5) is 6.68. The third kappa shape index (κ3) is 3.63. The minimum Gasteiger partial charge on any atom is -0.371 e. The van der Waals surface area contributed by atoms with Crippen molar-refractivity contribution in [3.63, 3.8) is 0 Å². The molecule has 3 aromatic rings. The zero-order chi connectivity index (χ0) is 19.0. The number of fused-ring (bicyclic) bond motifs is 1. The number of imidazole rings is 1. The van der Waals surface area contributed by atoms with Crippen LogP contribution in [0, 0.1) is 0 Å². The van der Waals surface area contributed by atoms with Gasteiger partial charge >= 0.3 is 6.55 Å². The summed E-state index contributed by atoms with van der Waals surface area (Å²) in [6, 6.07) is 14.8. The van der Waals surface area contributed by atoms with Crippen LogP contribution in [-0.4, -0.2) is 34.1 Å². The number of ether oxygens (including phenoxy) is 1. The van der Waals surface area contributed by atoms with Gasteiger partial charge in [-0.05, 0) is 36.8 Å². The molecule has 1 saturated heterocycles. The largest absolute Gasteiger partial charge is 0.371 e. The van der Waals surface area contributed by atoms with Gasteiger partial charge in [0, 0.05) is 17.6 Å². The lowest BCUT2D eigenvalue weighted by Gasteiger charge is -2.36. The lowest BCUT2D eigenvalue weighted by molar-refractivity contribution is -0.0461. The summed E-state index contributed by atoms with van der Waals surface area (Å²) in [5.41, 5.74) is 2.13. The Morgan fingerprint density at radius 1 is 1.19 bits per heavy atom. The Morgan fingerprint density at radius 2 is 2.00 bits per heavy atom. The van der Waals surface area contributed by atoms with Gasteiger partial charge < -0.3 is 4.74 Å². The third-order valence-corrected chi connectivity index (χ3v) is 5.55. The first-order valence-electron chi connectivity index (χ1n) is 8.90. The molecule has 0 aliphatic carbocycles. The molecule has 1 aromatic heterocycles. The highest BCUT2D eigenvalue weighted by Gasteiger charge is 2.30. The maximum atomic E-state index is 13.8. The quantitative estimate of drug-likeness (QED) is 0.554. The molecule has 7 heteroatoms. The number of morpholine rings is 1. The van der Waals surface area contributed by atoms with Crippen LogP contribution in [0.4, 0.5) is 8.78 Å². The first-order chi connectivity index (χ1) is 13.0. The predicted octanol–water partition coefficient (Wildman–Crippen LogP) is 5.33. The predicted molar refractivity (Wildman–Crippen MR) is 104 cm³/mol. The van der Waals surface area contributed by atoms with Gasteiger partial charge in [-0.3, -0.25) is 9.47 Å². The zero-order valence-corrected chi connectivity index (χ0v) is 16.4. The fourth-order valence-corrected chi connectivity index (χ4v) is 4.07. The molecular weight excluding hydrogens is 416 g/mol. The van der Waals surface area contributed by atoms with E-state index in [4.69, 9.17) is 4.74 Å². The minimum absolute atomic E-state index is 0.0944. The van der Waals surface area contributed by atoms with Crippen LogP contribution < -0.4 is 0 Å². The number of hydrogen-bond acceptors (Lipinski definition) is 3. The van der Waals surface area contributed by atoms with Crippen LogP contribution in [0.3, 0.4) is 0 Å². The van der Waals surface area contributed by atoms with E-state index in [1.54, 1.807) is 18.2 Å². The molecule has 0 N–H and O–H groups in total. The van der Waals surface area contributed by atoms with E-state index in [-0.39, 0.29) is 12.1 Å². The van der Waals surface area contributed by atoms with Crippen LogP contribution in [-0.2, 0) is 4.74 Å². The number of para-hydroxylation sites is 2. The molecule has 1 aliphatic heterocycles. The average Bonchev–Trinajstić information content (AvgIpc) is 3.07. The lowest BCUT2D eigenvalue weighted by Crippen LogP contribution is -2.40. The number of aromatic nitrogens is 2. The van der Waals surface area contributed by atoms with Crippen molar-refractivity contribution in [2.24, 2.45) is 0 Å². The summed E-state index contributed by atoms with van der Waals surface area (Å²) < 4.78 is 35.5. The Bertz CT molecular complexity index is 946. The molecule has 27 heavy (non-hydrogen) atoms. The van der Waals surface area contributed by atoms with Crippen molar-refractivity contribution in [3.05, 3.63) is 64.4 Å². The molecule has 4 rings (SSSR count). The second kappa shape index (κ2) is 7.66. The molecular formula is C20H20BrF2N3O. The highest BCUT2D eigenvalue weighted by atomic mass is 79.9. The number of halogens is 3. The molecule has 1 aliphatic rings. The fraction of sp³-hybridized carbons (Fsp3) is 0.350. The van der Waals surface area contributed by atoms with Crippen LogP contribution in [0.25, 0.3) is 11.0 Å². The SMILES string of the molecule is CC(c1nc2ccccc2n1C(F)F)N1CCOC(c2cccc(Br)c2)C1. The van der Waals surface area contributed by atoms with Gasteiger partial charge in [0.05, 0.1) is 29.8 Å². The van der Waals surface area contributed by atoms with Crippen LogP contribution in [0.1, 0.15) is 37.0 Å². The van der Waals surface area contributed by atoms with Gasteiger partial charge in [0.2, 0.25) is 0 Å². The second-order valence-corrected chi connectivity index (χ2v) is 7.61. The number of rotatable bonds is 4. The van der Waals surface area contributed by atoms with Crippen molar-refractivity contribution < 1.29 is 13.5 Å². The van der Waals surface area contributed by atoms with Crippen LogP contribution >= 0.6 is 15.9 Å². The molecule has 2 unspecified atom stereocenters. The Kier molecular flexibility index (Phi) is 5.25. The summed E-state index contributed by atoms with van der Waals surface area (Å²) >= 11 is 3.49. The van der Waals surface area contributed by atoms with E-state index < -0.39 is 6.55 Å². The molecule has 0 bridgehead atoms. The highest BCUT2D eigenvalue weighted by molar-refractivity contribution is 9.10. The molecule has 4 nitrogen and oxygen atoms in total. The monoisotopic (exact) mass is 435 g/mol. The second-order valence-electron chi connectivity index (χ2n) is 6.69. The number of nitrogens with zero attached hydrogens (tertiary/aromatic N) is 3. The third-order valence-electron chi connectivity index (χ3n) is 5.06. The van der Waals surface area contributed by atoms with E-state index in [0.717, 1.165) is 14.6 Å².